The van der Waals surface area contributed by atoms with E-state index in [4.69, 9.17) is 9.47 Å². The van der Waals surface area contributed by atoms with Crippen LogP contribution >= 0.6 is 0 Å². The molecular weight excluding hydrogens is 335 g/mol. The van der Waals surface area contributed by atoms with Crippen molar-refractivity contribution in [3.63, 3.8) is 0 Å². The normalized spacial score (nSPS) is 24.5. The molecule has 2 fully saturated rings. The standard InChI is InChI=1S/C19H25FN4O2/c1-25-18-10-15-17(11-16(18)20)21-12-22-19(15)23-13-2-4-14(5-3-13)24-6-8-26-9-7-24/h10-14H,2-9H2,1H3,(H,21,22,23)/t13-,14-. The zero-order valence-corrected chi connectivity index (χ0v) is 15.1. The smallest absolute Gasteiger partial charge is 0.167 e. The van der Waals surface area contributed by atoms with Gasteiger partial charge in [0, 0.05) is 36.6 Å². The van der Waals surface area contributed by atoms with Gasteiger partial charge in [-0.1, -0.05) is 0 Å². The summed E-state index contributed by atoms with van der Waals surface area (Å²) in [4.78, 5) is 11.1. The molecule has 0 atom stereocenters. The van der Waals surface area contributed by atoms with Crippen molar-refractivity contribution < 1.29 is 13.9 Å². The number of fused-ring (bicyclic) bond motifs is 1. The first kappa shape index (κ1) is 17.4. The number of hydrogen-bond donors (Lipinski definition) is 1. The van der Waals surface area contributed by atoms with Gasteiger partial charge in [0.05, 0.1) is 25.8 Å². The summed E-state index contributed by atoms with van der Waals surface area (Å²) in [5.74, 6) is 0.560. The first-order valence-electron chi connectivity index (χ1n) is 9.31. The third kappa shape index (κ3) is 3.59. The number of methoxy groups -OCH3 is 1. The van der Waals surface area contributed by atoms with Gasteiger partial charge in [0.1, 0.15) is 12.1 Å². The lowest BCUT2D eigenvalue weighted by Gasteiger charge is -2.39. The highest BCUT2D eigenvalue weighted by molar-refractivity contribution is 5.90. The number of anilines is 1. The van der Waals surface area contributed by atoms with Crippen molar-refractivity contribution in [2.45, 2.75) is 37.8 Å². The minimum Gasteiger partial charge on any atom is -0.494 e. The summed E-state index contributed by atoms with van der Waals surface area (Å²) in [6, 6.07) is 4.11. The van der Waals surface area contributed by atoms with E-state index in [2.05, 4.69) is 20.2 Å². The Morgan fingerprint density at radius 2 is 1.92 bits per heavy atom. The maximum Gasteiger partial charge on any atom is 0.167 e. The molecule has 0 radical (unpaired) electrons. The van der Waals surface area contributed by atoms with Crippen LogP contribution in [-0.2, 0) is 4.74 Å². The van der Waals surface area contributed by atoms with Crippen molar-refractivity contribution in [3.05, 3.63) is 24.3 Å². The molecule has 1 aliphatic carbocycles. The predicted molar refractivity (Wildman–Crippen MR) is 98.1 cm³/mol. The van der Waals surface area contributed by atoms with Crippen molar-refractivity contribution >= 4 is 16.7 Å². The number of ether oxygens (including phenoxy) is 2. The van der Waals surface area contributed by atoms with Crippen LogP contribution in [0.5, 0.6) is 5.75 Å². The number of halogens is 1. The Bertz CT molecular complexity index is 759. The molecule has 0 spiro atoms. The summed E-state index contributed by atoms with van der Waals surface area (Å²) in [6.45, 7) is 3.79. The maximum absolute atomic E-state index is 13.9. The van der Waals surface area contributed by atoms with E-state index in [-0.39, 0.29) is 5.75 Å². The fourth-order valence-corrected chi connectivity index (χ4v) is 4.05. The van der Waals surface area contributed by atoms with Crippen LogP contribution in [-0.4, -0.2) is 60.4 Å². The number of hydrogen-bond acceptors (Lipinski definition) is 6. The fraction of sp³-hybridized carbons (Fsp3) is 0.579. The number of nitrogens with zero attached hydrogens (tertiary/aromatic N) is 3. The second-order valence-corrected chi connectivity index (χ2v) is 7.02. The molecule has 0 bridgehead atoms. The minimum atomic E-state index is -0.407. The Kier molecular flexibility index (Phi) is 5.17. The molecule has 2 heterocycles. The van der Waals surface area contributed by atoms with Gasteiger partial charge in [-0.15, -0.1) is 0 Å². The van der Waals surface area contributed by atoms with Crippen molar-refractivity contribution in [1.82, 2.24) is 14.9 Å². The fourth-order valence-electron chi connectivity index (χ4n) is 4.05. The summed E-state index contributed by atoms with van der Waals surface area (Å²) < 4.78 is 24.5. The zero-order chi connectivity index (χ0) is 17.9. The molecular formula is C19H25FN4O2. The molecule has 0 unspecified atom stereocenters. The Balaban J connectivity index is 1.44. The number of morpholine rings is 1. The number of rotatable bonds is 4. The van der Waals surface area contributed by atoms with E-state index in [1.807, 2.05) is 0 Å². The topological polar surface area (TPSA) is 59.5 Å². The van der Waals surface area contributed by atoms with Crippen LogP contribution in [0.2, 0.25) is 0 Å². The van der Waals surface area contributed by atoms with Crippen molar-refractivity contribution in [2.75, 3.05) is 38.7 Å². The summed E-state index contributed by atoms with van der Waals surface area (Å²) in [5, 5.41) is 4.34. The van der Waals surface area contributed by atoms with E-state index >= 15 is 0 Å². The van der Waals surface area contributed by atoms with Gasteiger partial charge in [-0.2, -0.15) is 0 Å². The van der Waals surface area contributed by atoms with Crippen LogP contribution in [0.1, 0.15) is 25.7 Å². The second kappa shape index (κ2) is 7.72. The van der Waals surface area contributed by atoms with Gasteiger partial charge >= 0.3 is 0 Å². The number of aromatic nitrogens is 2. The molecule has 1 aliphatic heterocycles. The zero-order valence-electron chi connectivity index (χ0n) is 15.1. The first-order valence-corrected chi connectivity index (χ1v) is 9.31. The third-order valence-corrected chi connectivity index (χ3v) is 5.51. The first-order chi connectivity index (χ1) is 12.7. The second-order valence-electron chi connectivity index (χ2n) is 7.02. The molecule has 140 valence electrons. The molecule has 1 saturated heterocycles. The SMILES string of the molecule is COc1cc2c(N[C@H]3CC[C@H](N4CCOCC4)CC3)ncnc2cc1F. The Hall–Kier alpha value is -1.99. The van der Waals surface area contributed by atoms with Gasteiger partial charge in [0.25, 0.3) is 0 Å². The van der Waals surface area contributed by atoms with Crippen molar-refractivity contribution in [1.29, 1.82) is 0 Å². The summed E-state index contributed by atoms with van der Waals surface area (Å²) in [5.41, 5.74) is 0.586. The Morgan fingerprint density at radius 1 is 1.15 bits per heavy atom. The average Bonchev–Trinajstić information content (AvgIpc) is 2.69. The number of benzene rings is 1. The Labute approximate surface area is 152 Å². The van der Waals surface area contributed by atoms with E-state index in [0.29, 0.717) is 17.6 Å². The van der Waals surface area contributed by atoms with Crippen LogP contribution in [0.3, 0.4) is 0 Å². The van der Waals surface area contributed by atoms with E-state index in [0.717, 1.165) is 50.3 Å². The van der Waals surface area contributed by atoms with Gasteiger partial charge in [-0.3, -0.25) is 4.90 Å². The lowest BCUT2D eigenvalue weighted by atomic mass is 9.90. The van der Waals surface area contributed by atoms with Crippen LogP contribution < -0.4 is 10.1 Å². The highest BCUT2D eigenvalue weighted by Crippen LogP contribution is 2.30. The van der Waals surface area contributed by atoms with Crippen LogP contribution in [0.4, 0.5) is 10.2 Å². The molecule has 6 nitrogen and oxygen atoms in total. The van der Waals surface area contributed by atoms with E-state index < -0.39 is 5.82 Å². The number of nitrogens with one attached hydrogen (secondary N) is 1. The Morgan fingerprint density at radius 3 is 2.65 bits per heavy atom. The van der Waals surface area contributed by atoms with E-state index in [9.17, 15) is 4.39 Å². The van der Waals surface area contributed by atoms with Crippen molar-refractivity contribution in [2.24, 2.45) is 0 Å². The van der Waals surface area contributed by atoms with Gasteiger partial charge in [0.2, 0.25) is 0 Å². The molecule has 1 N–H and O–H groups in total. The molecule has 7 heteroatoms. The quantitative estimate of drug-likeness (QED) is 0.905. The predicted octanol–water partition coefficient (Wildman–Crippen LogP) is 2.83. The molecule has 1 aromatic heterocycles. The molecule has 0 amide bonds. The monoisotopic (exact) mass is 360 g/mol. The van der Waals surface area contributed by atoms with Gasteiger partial charge in [-0.25, -0.2) is 14.4 Å². The van der Waals surface area contributed by atoms with E-state index in [1.165, 1.54) is 32.3 Å². The molecule has 4 rings (SSSR count). The largest absolute Gasteiger partial charge is 0.494 e. The molecule has 2 aliphatic rings. The van der Waals surface area contributed by atoms with Crippen molar-refractivity contribution in [3.8, 4) is 5.75 Å². The van der Waals surface area contributed by atoms with Gasteiger partial charge < -0.3 is 14.8 Å². The molecule has 26 heavy (non-hydrogen) atoms. The highest BCUT2D eigenvalue weighted by atomic mass is 19.1. The van der Waals surface area contributed by atoms with Crippen LogP contribution in [0.15, 0.2) is 18.5 Å². The average molecular weight is 360 g/mol. The van der Waals surface area contributed by atoms with Gasteiger partial charge in [-0.05, 0) is 31.7 Å². The van der Waals surface area contributed by atoms with Crippen LogP contribution in [0.25, 0.3) is 10.9 Å². The molecule has 1 saturated carbocycles. The summed E-state index contributed by atoms with van der Waals surface area (Å²) >= 11 is 0. The minimum absolute atomic E-state index is 0.214. The molecule has 2 aromatic rings. The third-order valence-electron chi connectivity index (χ3n) is 5.51. The highest BCUT2D eigenvalue weighted by Gasteiger charge is 2.27. The maximum atomic E-state index is 13.9. The summed E-state index contributed by atoms with van der Waals surface area (Å²) in [7, 11) is 1.47. The van der Waals surface area contributed by atoms with E-state index in [1.54, 1.807) is 6.07 Å². The molecule has 1 aromatic carbocycles. The summed E-state index contributed by atoms with van der Waals surface area (Å²) in [6.07, 6.45) is 6.05. The van der Waals surface area contributed by atoms with Gasteiger partial charge in [0.15, 0.2) is 11.6 Å². The lowest BCUT2D eigenvalue weighted by Crippen LogP contribution is -2.46. The van der Waals surface area contributed by atoms with Crippen LogP contribution in [0, 0.1) is 5.82 Å². The lowest BCUT2D eigenvalue weighted by molar-refractivity contribution is 0.00791.